The first-order valence-corrected chi connectivity index (χ1v) is 8.67. The lowest BCUT2D eigenvalue weighted by molar-refractivity contribution is 0.0947. The van der Waals surface area contributed by atoms with Crippen molar-refractivity contribution in [2.75, 3.05) is 27.3 Å². The van der Waals surface area contributed by atoms with Gasteiger partial charge in [-0.05, 0) is 36.2 Å². The minimum Gasteiger partial charge on any atom is -0.496 e. The van der Waals surface area contributed by atoms with Crippen molar-refractivity contribution in [3.8, 4) is 11.5 Å². The molecule has 7 nitrogen and oxygen atoms in total. The van der Waals surface area contributed by atoms with Gasteiger partial charge in [0, 0.05) is 25.2 Å². The van der Waals surface area contributed by atoms with Gasteiger partial charge in [-0.2, -0.15) is 0 Å². The SMILES string of the molecule is COc1cccc(OC)c1C(=O)NCCCNC(=O)c1ccc(CN)cc1. The standard InChI is InChI=1S/C20H25N3O4/c1-26-16-5-3-6-17(27-2)18(16)20(25)23-12-4-11-22-19(24)15-9-7-14(13-21)8-10-15/h3,5-10H,4,11-13,21H2,1-2H3,(H,22,24)(H,23,25). The Kier molecular flexibility index (Phi) is 7.63. The van der Waals surface area contributed by atoms with Crippen LogP contribution in [0.3, 0.4) is 0 Å². The van der Waals surface area contributed by atoms with Crippen molar-refractivity contribution in [2.24, 2.45) is 5.73 Å². The molecule has 0 radical (unpaired) electrons. The number of rotatable bonds is 9. The number of nitrogens with two attached hydrogens (primary N) is 1. The second-order valence-electron chi connectivity index (χ2n) is 5.80. The summed E-state index contributed by atoms with van der Waals surface area (Å²) in [6.07, 6.45) is 0.593. The van der Waals surface area contributed by atoms with Crippen LogP contribution in [0.15, 0.2) is 42.5 Å². The van der Waals surface area contributed by atoms with Gasteiger partial charge in [0.15, 0.2) is 0 Å². The van der Waals surface area contributed by atoms with E-state index < -0.39 is 0 Å². The summed E-state index contributed by atoms with van der Waals surface area (Å²) in [6, 6.07) is 12.3. The molecule has 0 spiro atoms. The van der Waals surface area contributed by atoms with E-state index in [1.807, 2.05) is 12.1 Å². The van der Waals surface area contributed by atoms with Gasteiger partial charge >= 0.3 is 0 Å². The number of hydrogen-bond acceptors (Lipinski definition) is 5. The molecular formula is C20H25N3O4. The van der Waals surface area contributed by atoms with Crippen molar-refractivity contribution < 1.29 is 19.1 Å². The average Bonchev–Trinajstić information content (AvgIpc) is 2.72. The largest absolute Gasteiger partial charge is 0.496 e. The maximum Gasteiger partial charge on any atom is 0.258 e. The molecule has 0 aliphatic heterocycles. The fourth-order valence-electron chi connectivity index (χ4n) is 2.55. The Morgan fingerprint density at radius 1 is 0.889 bits per heavy atom. The maximum atomic E-state index is 12.4. The Hall–Kier alpha value is -3.06. The van der Waals surface area contributed by atoms with Crippen molar-refractivity contribution >= 4 is 11.8 Å². The first-order valence-electron chi connectivity index (χ1n) is 8.67. The van der Waals surface area contributed by atoms with Crippen LogP contribution >= 0.6 is 0 Å². The molecule has 0 aliphatic carbocycles. The Labute approximate surface area is 158 Å². The molecule has 0 saturated carbocycles. The molecule has 0 aromatic heterocycles. The van der Waals surface area contributed by atoms with Crippen LogP contribution in [-0.2, 0) is 6.54 Å². The van der Waals surface area contributed by atoms with Gasteiger partial charge in [0.2, 0.25) is 0 Å². The average molecular weight is 371 g/mol. The van der Waals surface area contributed by atoms with Gasteiger partial charge in [-0.3, -0.25) is 9.59 Å². The van der Waals surface area contributed by atoms with Crippen LogP contribution in [0, 0.1) is 0 Å². The molecule has 0 heterocycles. The number of nitrogens with one attached hydrogen (secondary N) is 2. The van der Waals surface area contributed by atoms with Crippen molar-refractivity contribution in [1.29, 1.82) is 0 Å². The molecule has 7 heteroatoms. The maximum absolute atomic E-state index is 12.4. The minimum atomic E-state index is -0.284. The topological polar surface area (TPSA) is 103 Å². The zero-order chi connectivity index (χ0) is 19.6. The lowest BCUT2D eigenvalue weighted by Crippen LogP contribution is -2.30. The summed E-state index contributed by atoms with van der Waals surface area (Å²) in [5, 5.41) is 5.64. The van der Waals surface area contributed by atoms with E-state index in [0.29, 0.717) is 48.7 Å². The molecular weight excluding hydrogens is 346 g/mol. The quantitative estimate of drug-likeness (QED) is 0.583. The molecule has 0 fully saturated rings. The van der Waals surface area contributed by atoms with E-state index in [1.165, 1.54) is 14.2 Å². The first-order chi connectivity index (χ1) is 13.1. The van der Waals surface area contributed by atoms with Crippen LogP contribution in [0.4, 0.5) is 0 Å². The lowest BCUT2D eigenvalue weighted by atomic mass is 10.1. The van der Waals surface area contributed by atoms with E-state index in [1.54, 1.807) is 30.3 Å². The first kappa shape index (κ1) is 20.3. The Morgan fingerprint density at radius 2 is 1.44 bits per heavy atom. The van der Waals surface area contributed by atoms with E-state index in [4.69, 9.17) is 15.2 Å². The van der Waals surface area contributed by atoms with Crippen LogP contribution in [-0.4, -0.2) is 39.1 Å². The van der Waals surface area contributed by atoms with E-state index in [0.717, 1.165) is 5.56 Å². The van der Waals surface area contributed by atoms with Crippen LogP contribution < -0.4 is 25.8 Å². The molecule has 2 aromatic carbocycles. The summed E-state index contributed by atoms with van der Waals surface area (Å²) in [4.78, 5) is 24.5. The lowest BCUT2D eigenvalue weighted by Gasteiger charge is -2.13. The number of benzene rings is 2. The van der Waals surface area contributed by atoms with Crippen molar-refractivity contribution in [2.45, 2.75) is 13.0 Å². The zero-order valence-electron chi connectivity index (χ0n) is 15.6. The summed E-state index contributed by atoms with van der Waals surface area (Å²) >= 11 is 0. The minimum absolute atomic E-state index is 0.156. The van der Waals surface area contributed by atoms with Gasteiger partial charge in [0.25, 0.3) is 11.8 Å². The molecule has 0 atom stereocenters. The molecule has 0 saturated heterocycles. The summed E-state index contributed by atoms with van der Waals surface area (Å²) in [6.45, 7) is 1.30. The molecule has 2 rings (SSSR count). The summed E-state index contributed by atoms with van der Waals surface area (Å²) < 4.78 is 10.5. The number of hydrogen-bond donors (Lipinski definition) is 3. The fourth-order valence-corrected chi connectivity index (χ4v) is 2.55. The molecule has 27 heavy (non-hydrogen) atoms. The number of ether oxygens (including phenoxy) is 2. The Bertz CT molecular complexity index is 753. The second kappa shape index (κ2) is 10.2. The monoisotopic (exact) mass is 371 g/mol. The van der Waals surface area contributed by atoms with Crippen LogP contribution in [0.25, 0.3) is 0 Å². The van der Waals surface area contributed by atoms with Gasteiger partial charge in [-0.15, -0.1) is 0 Å². The van der Waals surface area contributed by atoms with Gasteiger partial charge < -0.3 is 25.8 Å². The summed E-state index contributed by atoms with van der Waals surface area (Å²) in [5.74, 6) is 0.450. The second-order valence-corrected chi connectivity index (χ2v) is 5.80. The molecule has 2 aromatic rings. The van der Waals surface area contributed by atoms with Gasteiger partial charge in [-0.25, -0.2) is 0 Å². The molecule has 2 amide bonds. The highest BCUT2D eigenvalue weighted by Crippen LogP contribution is 2.27. The number of carbonyl (C=O) groups is 2. The molecule has 0 aliphatic rings. The van der Waals surface area contributed by atoms with Crippen molar-refractivity contribution in [3.05, 3.63) is 59.2 Å². The number of carbonyl (C=O) groups excluding carboxylic acids is 2. The van der Waals surface area contributed by atoms with E-state index in [9.17, 15) is 9.59 Å². The third kappa shape index (κ3) is 5.46. The third-order valence-corrected chi connectivity index (χ3v) is 4.03. The Morgan fingerprint density at radius 3 is 1.96 bits per heavy atom. The highest BCUT2D eigenvalue weighted by molar-refractivity contribution is 5.99. The molecule has 4 N–H and O–H groups in total. The zero-order valence-corrected chi connectivity index (χ0v) is 15.6. The smallest absolute Gasteiger partial charge is 0.258 e. The Balaban J connectivity index is 1.80. The highest BCUT2D eigenvalue weighted by atomic mass is 16.5. The normalized spacial score (nSPS) is 10.2. The van der Waals surface area contributed by atoms with Crippen molar-refractivity contribution in [3.63, 3.8) is 0 Å². The number of methoxy groups -OCH3 is 2. The highest BCUT2D eigenvalue weighted by Gasteiger charge is 2.17. The molecule has 0 bridgehead atoms. The molecule has 144 valence electrons. The number of amides is 2. The van der Waals surface area contributed by atoms with Crippen LogP contribution in [0.5, 0.6) is 11.5 Å². The van der Waals surface area contributed by atoms with Crippen molar-refractivity contribution in [1.82, 2.24) is 10.6 Å². The predicted octanol–water partition coefficient (Wildman–Crippen LogP) is 1.71. The van der Waals surface area contributed by atoms with Crippen LogP contribution in [0.1, 0.15) is 32.7 Å². The predicted molar refractivity (Wildman–Crippen MR) is 103 cm³/mol. The van der Waals surface area contributed by atoms with E-state index in [2.05, 4.69) is 10.6 Å². The fraction of sp³-hybridized carbons (Fsp3) is 0.300. The van der Waals surface area contributed by atoms with E-state index in [-0.39, 0.29) is 11.8 Å². The third-order valence-electron chi connectivity index (χ3n) is 4.03. The van der Waals surface area contributed by atoms with Gasteiger partial charge in [0.05, 0.1) is 14.2 Å². The van der Waals surface area contributed by atoms with Gasteiger partial charge in [-0.1, -0.05) is 18.2 Å². The van der Waals surface area contributed by atoms with Crippen LogP contribution in [0.2, 0.25) is 0 Å². The molecule has 0 unspecified atom stereocenters. The van der Waals surface area contributed by atoms with Gasteiger partial charge in [0.1, 0.15) is 17.1 Å². The van der Waals surface area contributed by atoms with E-state index >= 15 is 0 Å². The summed E-state index contributed by atoms with van der Waals surface area (Å²) in [5.41, 5.74) is 7.45. The summed E-state index contributed by atoms with van der Waals surface area (Å²) in [7, 11) is 3.00.